The third kappa shape index (κ3) is 3.58. The van der Waals surface area contributed by atoms with Crippen molar-refractivity contribution in [2.45, 2.75) is 19.8 Å². The SMILES string of the molecule is CC(C)(CO)C(CNc1ccccn1)c1ccccc1. The molecule has 2 N–H and O–H groups in total. The van der Waals surface area contributed by atoms with Crippen LogP contribution in [-0.2, 0) is 0 Å². The first kappa shape index (κ1) is 14.5. The number of pyridine rings is 1. The van der Waals surface area contributed by atoms with Crippen LogP contribution >= 0.6 is 0 Å². The van der Waals surface area contributed by atoms with Crippen molar-refractivity contribution in [3.05, 3.63) is 60.3 Å². The van der Waals surface area contributed by atoms with Crippen molar-refractivity contribution < 1.29 is 5.11 Å². The van der Waals surface area contributed by atoms with Crippen LogP contribution in [-0.4, -0.2) is 23.2 Å². The summed E-state index contributed by atoms with van der Waals surface area (Å²) in [5.74, 6) is 1.08. The van der Waals surface area contributed by atoms with Crippen molar-refractivity contribution in [2.75, 3.05) is 18.5 Å². The lowest BCUT2D eigenvalue weighted by atomic mass is 9.75. The molecule has 0 aliphatic carbocycles. The Morgan fingerprint density at radius 2 is 1.80 bits per heavy atom. The maximum absolute atomic E-state index is 9.68. The monoisotopic (exact) mass is 270 g/mol. The van der Waals surface area contributed by atoms with E-state index in [4.69, 9.17) is 0 Å². The normalized spacial score (nSPS) is 12.9. The molecule has 0 bridgehead atoms. The van der Waals surface area contributed by atoms with E-state index in [1.165, 1.54) is 5.56 Å². The van der Waals surface area contributed by atoms with Gasteiger partial charge in [-0.25, -0.2) is 4.98 Å². The molecular weight excluding hydrogens is 248 g/mol. The van der Waals surface area contributed by atoms with Gasteiger partial charge in [0.1, 0.15) is 5.82 Å². The summed E-state index contributed by atoms with van der Waals surface area (Å²) in [5.41, 5.74) is 1.04. The summed E-state index contributed by atoms with van der Waals surface area (Å²) in [7, 11) is 0. The molecule has 1 atom stereocenters. The van der Waals surface area contributed by atoms with Crippen LogP contribution in [0, 0.1) is 5.41 Å². The molecule has 0 saturated carbocycles. The minimum Gasteiger partial charge on any atom is -0.396 e. The molecule has 0 fully saturated rings. The van der Waals surface area contributed by atoms with E-state index < -0.39 is 0 Å². The molecule has 1 aromatic heterocycles. The van der Waals surface area contributed by atoms with E-state index in [2.05, 4.69) is 36.3 Å². The Morgan fingerprint density at radius 1 is 1.10 bits per heavy atom. The van der Waals surface area contributed by atoms with E-state index in [9.17, 15) is 5.11 Å². The predicted molar refractivity (Wildman–Crippen MR) is 82.8 cm³/mol. The number of hydrogen-bond donors (Lipinski definition) is 2. The van der Waals surface area contributed by atoms with Gasteiger partial charge in [-0.3, -0.25) is 0 Å². The maximum atomic E-state index is 9.68. The van der Waals surface area contributed by atoms with Gasteiger partial charge in [-0.1, -0.05) is 50.2 Å². The van der Waals surface area contributed by atoms with Gasteiger partial charge in [0.05, 0.1) is 0 Å². The number of rotatable bonds is 6. The smallest absolute Gasteiger partial charge is 0.125 e. The van der Waals surface area contributed by atoms with E-state index >= 15 is 0 Å². The van der Waals surface area contributed by atoms with Crippen LogP contribution in [0.15, 0.2) is 54.7 Å². The van der Waals surface area contributed by atoms with Crippen LogP contribution in [0.25, 0.3) is 0 Å². The maximum Gasteiger partial charge on any atom is 0.125 e. The predicted octanol–water partition coefficient (Wildman–Crippen LogP) is 3.30. The summed E-state index contributed by atoms with van der Waals surface area (Å²) in [5, 5.41) is 13.0. The lowest BCUT2D eigenvalue weighted by Gasteiger charge is -2.33. The van der Waals surface area contributed by atoms with Crippen LogP contribution in [0.3, 0.4) is 0 Å². The molecule has 2 rings (SSSR count). The molecule has 0 saturated heterocycles. The molecule has 1 aromatic carbocycles. The van der Waals surface area contributed by atoms with Gasteiger partial charge in [0.25, 0.3) is 0 Å². The van der Waals surface area contributed by atoms with E-state index in [-0.39, 0.29) is 17.9 Å². The Morgan fingerprint density at radius 3 is 2.40 bits per heavy atom. The number of nitrogens with one attached hydrogen (secondary N) is 1. The van der Waals surface area contributed by atoms with Crippen molar-refractivity contribution in [3.8, 4) is 0 Å². The third-order valence-electron chi connectivity index (χ3n) is 3.70. The summed E-state index contributed by atoms with van der Waals surface area (Å²) >= 11 is 0. The number of benzene rings is 1. The third-order valence-corrected chi connectivity index (χ3v) is 3.70. The van der Waals surface area contributed by atoms with Crippen molar-refractivity contribution in [3.63, 3.8) is 0 Å². The summed E-state index contributed by atoms with van der Waals surface area (Å²) in [6.07, 6.45) is 1.77. The van der Waals surface area contributed by atoms with Crippen LogP contribution < -0.4 is 5.32 Å². The Hall–Kier alpha value is -1.87. The lowest BCUT2D eigenvalue weighted by molar-refractivity contribution is 0.134. The second kappa shape index (κ2) is 6.53. The van der Waals surface area contributed by atoms with Crippen LogP contribution in [0.2, 0.25) is 0 Å². The van der Waals surface area contributed by atoms with Crippen molar-refractivity contribution in [1.82, 2.24) is 4.98 Å². The van der Waals surface area contributed by atoms with Crippen molar-refractivity contribution >= 4 is 5.82 Å². The average Bonchev–Trinajstić information content (AvgIpc) is 2.49. The minimum absolute atomic E-state index is 0.149. The standard InChI is InChI=1S/C17H22N2O/c1-17(2,13-20)15(14-8-4-3-5-9-14)12-19-16-10-6-7-11-18-16/h3-11,15,20H,12-13H2,1-2H3,(H,18,19). The van der Waals surface area contributed by atoms with Gasteiger partial charge in [-0.05, 0) is 23.1 Å². The highest BCUT2D eigenvalue weighted by Crippen LogP contribution is 2.35. The number of aliphatic hydroxyl groups is 1. The Labute approximate surface area is 120 Å². The topological polar surface area (TPSA) is 45.1 Å². The zero-order valence-electron chi connectivity index (χ0n) is 12.1. The second-order valence-electron chi connectivity index (χ2n) is 5.71. The average molecular weight is 270 g/mol. The van der Waals surface area contributed by atoms with Gasteiger partial charge in [0.2, 0.25) is 0 Å². The molecule has 0 aliphatic heterocycles. The second-order valence-corrected chi connectivity index (χ2v) is 5.71. The van der Waals surface area contributed by atoms with Crippen LogP contribution in [0.5, 0.6) is 0 Å². The Kier molecular flexibility index (Phi) is 4.74. The van der Waals surface area contributed by atoms with Gasteiger partial charge in [0.15, 0.2) is 0 Å². The number of nitrogens with zero attached hydrogens (tertiary/aromatic N) is 1. The quantitative estimate of drug-likeness (QED) is 0.846. The van der Waals surface area contributed by atoms with Gasteiger partial charge in [-0.15, -0.1) is 0 Å². The van der Waals surface area contributed by atoms with Crippen LogP contribution in [0.4, 0.5) is 5.82 Å². The fourth-order valence-electron chi connectivity index (χ4n) is 2.31. The molecule has 0 aliphatic rings. The summed E-state index contributed by atoms with van der Waals surface area (Å²) in [4.78, 5) is 4.28. The highest BCUT2D eigenvalue weighted by Gasteiger charge is 2.30. The molecule has 0 spiro atoms. The first-order chi connectivity index (χ1) is 9.63. The summed E-state index contributed by atoms with van der Waals surface area (Å²) < 4.78 is 0. The molecule has 0 amide bonds. The number of aliphatic hydroxyl groups excluding tert-OH is 1. The molecular formula is C17H22N2O. The van der Waals surface area contributed by atoms with E-state index in [1.807, 2.05) is 36.4 Å². The molecule has 3 nitrogen and oxygen atoms in total. The fourth-order valence-corrected chi connectivity index (χ4v) is 2.31. The minimum atomic E-state index is -0.191. The Balaban J connectivity index is 2.16. The fraction of sp³-hybridized carbons (Fsp3) is 0.353. The number of hydrogen-bond acceptors (Lipinski definition) is 3. The molecule has 1 unspecified atom stereocenters. The molecule has 3 heteroatoms. The number of aromatic nitrogens is 1. The molecule has 20 heavy (non-hydrogen) atoms. The number of anilines is 1. The van der Waals surface area contributed by atoms with Gasteiger partial charge in [0, 0.05) is 25.3 Å². The van der Waals surface area contributed by atoms with E-state index in [1.54, 1.807) is 6.20 Å². The molecule has 0 radical (unpaired) electrons. The zero-order valence-corrected chi connectivity index (χ0v) is 12.1. The zero-order chi connectivity index (χ0) is 14.4. The van der Waals surface area contributed by atoms with Gasteiger partial charge < -0.3 is 10.4 Å². The van der Waals surface area contributed by atoms with Gasteiger partial charge in [-0.2, -0.15) is 0 Å². The molecule has 106 valence electrons. The van der Waals surface area contributed by atoms with E-state index in [0.717, 1.165) is 12.4 Å². The highest BCUT2D eigenvalue weighted by molar-refractivity contribution is 5.35. The van der Waals surface area contributed by atoms with Crippen molar-refractivity contribution in [1.29, 1.82) is 0 Å². The molecule has 2 aromatic rings. The first-order valence-electron chi connectivity index (χ1n) is 6.94. The van der Waals surface area contributed by atoms with E-state index in [0.29, 0.717) is 0 Å². The summed E-state index contributed by atoms with van der Waals surface area (Å²) in [6.45, 7) is 5.07. The first-order valence-corrected chi connectivity index (χ1v) is 6.94. The molecule has 1 heterocycles. The van der Waals surface area contributed by atoms with Crippen LogP contribution in [0.1, 0.15) is 25.3 Å². The van der Waals surface area contributed by atoms with Gasteiger partial charge >= 0.3 is 0 Å². The largest absolute Gasteiger partial charge is 0.396 e. The summed E-state index contributed by atoms with van der Waals surface area (Å²) in [6, 6.07) is 16.1. The highest BCUT2D eigenvalue weighted by atomic mass is 16.3. The van der Waals surface area contributed by atoms with Crippen molar-refractivity contribution in [2.24, 2.45) is 5.41 Å². The lowest BCUT2D eigenvalue weighted by Crippen LogP contribution is -2.31. The Bertz CT molecular complexity index is 511.